The summed E-state index contributed by atoms with van der Waals surface area (Å²) >= 11 is 0. The molecule has 4 rings (SSSR count). The van der Waals surface area contributed by atoms with Crippen LogP contribution in [0, 0.1) is 0 Å². The van der Waals surface area contributed by atoms with Crippen molar-refractivity contribution in [3.63, 3.8) is 0 Å². The average Bonchev–Trinajstić information content (AvgIpc) is 2.67. The Kier molecular flexibility index (Phi) is 4.48. The second kappa shape index (κ2) is 6.92. The summed E-state index contributed by atoms with van der Waals surface area (Å²) in [6.45, 7) is 4.01. The van der Waals surface area contributed by atoms with Crippen LogP contribution in [0.15, 0.2) is 29.1 Å². The number of carbonyl (C=O) groups excluding carboxylic acids is 1. The lowest BCUT2D eigenvalue weighted by molar-refractivity contribution is -0.135. The molecule has 7 nitrogen and oxygen atoms in total. The molecule has 0 aliphatic carbocycles. The predicted molar refractivity (Wildman–Crippen MR) is 94.2 cm³/mol. The number of nitrogens with zero attached hydrogens (tertiary/aromatic N) is 5. The van der Waals surface area contributed by atoms with Gasteiger partial charge in [-0.25, -0.2) is 4.68 Å². The lowest BCUT2D eigenvalue weighted by atomic mass is 9.99. The standard InChI is InChI=1S/C18H23N5O2/c24-17(22-12-11-21-9-4-3-5-14(21)13-22)8-10-23-18(25)15-6-1-2-7-16(15)19-20-23/h1-2,6-7,14H,3-5,8-13H2/t14-/m1/s1. The van der Waals surface area contributed by atoms with Crippen molar-refractivity contribution in [1.82, 2.24) is 24.8 Å². The molecular formula is C18H23N5O2. The number of fused-ring (bicyclic) bond motifs is 2. The highest BCUT2D eigenvalue weighted by Crippen LogP contribution is 2.21. The minimum absolute atomic E-state index is 0.104. The Bertz CT molecular complexity index is 834. The molecule has 0 spiro atoms. The number of carbonyl (C=O) groups is 1. The second-order valence-electron chi connectivity index (χ2n) is 6.91. The zero-order valence-electron chi connectivity index (χ0n) is 14.3. The second-order valence-corrected chi connectivity index (χ2v) is 6.91. The first-order valence-electron chi connectivity index (χ1n) is 9.07. The van der Waals surface area contributed by atoms with Gasteiger partial charge >= 0.3 is 0 Å². The van der Waals surface area contributed by atoms with E-state index in [0.717, 1.165) is 26.2 Å². The summed E-state index contributed by atoms with van der Waals surface area (Å²) in [5.41, 5.74) is 0.402. The number of piperazine rings is 1. The van der Waals surface area contributed by atoms with Crippen molar-refractivity contribution < 1.29 is 4.79 Å². The number of aryl methyl sites for hydroxylation is 1. The normalized spacial score (nSPS) is 21.3. The molecule has 1 amide bonds. The average molecular weight is 341 g/mol. The van der Waals surface area contributed by atoms with E-state index in [9.17, 15) is 9.59 Å². The van der Waals surface area contributed by atoms with Crippen LogP contribution in [0.4, 0.5) is 0 Å². The molecule has 1 aromatic heterocycles. The van der Waals surface area contributed by atoms with Crippen LogP contribution in [0.3, 0.4) is 0 Å². The number of amides is 1. The molecule has 2 aliphatic rings. The van der Waals surface area contributed by atoms with Crippen molar-refractivity contribution >= 4 is 16.8 Å². The molecule has 0 bridgehead atoms. The first-order chi connectivity index (χ1) is 12.2. The minimum Gasteiger partial charge on any atom is -0.340 e. The van der Waals surface area contributed by atoms with Crippen molar-refractivity contribution in [3.8, 4) is 0 Å². The van der Waals surface area contributed by atoms with Crippen molar-refractivity contribution in [2.45, 2.75) is 38.3 Å². The van der Waals surface area contributed by atoms with Gasteiger partial charge in [0.15, 0.2) is 0 Å². The van der Waals surface area contributed by atoms with Gasteiger partial charge in [0.05, 0.1) is 11.9 Å². The maximum atomic E-state index is 12.6. The minimum atomic E-state index is -0.185. The number of hydrogen-bond acceptors (Lipinski definition) is 5. The van der Waals surface area contributed by atoms with Crippen LogP contribution in [-0.2, 0) is 11.3 Å². The number of aromatic nitrogens is 3. The first-order valence-corrected chi connectivity index (χ1v) is 9.07. The molecule has 25 heavy (non-hydrogen) atoms. The van der Waals surface area contributed by atoms with Gasteiger partial charge in [0, 0.05) is 32.1 Å². The number of rotatable bonds is 3. The smallest absolute Gasteiger partial charge is 0.277 e. The van der Waals surface area contributed by atoms with E-state index in [4.69, 9.17) is 0 Å². The quantitative estimate of drug-likeness (QED) is 0.829. The third kappa shape index (κ3) is 3.28. The van der Waals surface area contributed by atoms with E-state index in [2.05, 4.69) is 15.2 Å². The molecule has 0 radical (unpaired) electrons. The zero-order valence-corrected chi connectivity index (χ0v) is 14.3. The number of hydrogen-bond donors (Lipinski definition) is 0. The van der Waals surface area contributed by atoms with Crippen LogP contribution in [0.1, 0.15) is 25.7 Å². The summed E-state index contributed by atoms with van der Waals surface area (Å²) < 4.78 is 1.30. The Morgan fingerprint density at radius 1 is 1.16 bits per heavy atom. The van der Waals surface area contributed by atoms with Gasteiger partial charge in [0.1, 0.15) is 5.52 Å². The molecular weight excluding hydrogens is 318 g/mol. The Morgan fingerprint density at radius 3 is 2.96 bits per heavy atom. The fourth-order valence-corrected chi connectivity index (χ4v) is 3.91. The molecule has 3 heterocycles. The van der Waals surface area contributed by atoms with E-state index in [1.54, 1.807) is 12.1 Å². The molecule has 7 heteroatoms. The van der Waals surface area contributed by atoms with Crippen LogP contribution < -0.4 is 5.56 Å². The number of benzene rings is 1. The molecule has 132 valence electrons. The van der Waals surface area contributed by atoms with E-state index in [1.165, 1.54) is 23.9 Å². The Labute approximate surface area is 146 Å². The summed E-state index contributed by atoms with van der Waals surface area (Å²) in [6.07, 6.45) is 4.00. The van der Waals surface area contributed by atoms with Gasteiger partial charge in [-0.1, -0.05) is 23.8 Å². The Hall–Kier alpha value is -2.28. The van der Waals surface area contributed by atoms with E-state index in [0.29, 0.717) is 23.4 Å². The molecule has 1 aromatic carbocycles. The molecule has 0 N–H and O–H groups in total. The molecule has 2 aromatic rings. The van der Waals surface area contributed by atoms with Crippen molar-refractivity contribution in [2.75, 3.05) is 26.2 Å². The topological polar surface area (TPSA) is 71.3 Å². The largest absolute Gasteiger partial charge is 0.340 e. The van der Waals surface area contributed by atoms with Crippen LogP contribution >= 0.6 is 0 Å². The van der Waals surface area contributed by atoms with Crippen LogP contribution in [0.2, 0.25) is 0 Å². The summed E-state index contributed by atoms with van der Waals surface area (Å²) in [7, 11) is 0. The fraction of sp³-hybridized carbons (Fsp3) is 0.556. The summed E-state index contributed by atoms with van der Waals surface area (Å²) in [5, 5.41) is 8.57. The van der Waals surface area contributed by atoms with Gasteiger partial charge in [0.2, 0.25) is 5.91 Å². The maximum Gasteiger partial charge on any atom is 0.277 e. The van der Waals surface area contributed by atoms with Crippen LogP contribution in [0.25, 0.3) is 10.9 Å². The monoisotopic (exact) mass is 341 g/mol. The van der Waals surface area contributed by atoms with Gasteiger partial charge in [-0.05, 0) is 31.5 Å². The highest BCUT2D eigenvalue weighted by atomic mass is 16.2. The lowest BCUT2D eigenvalue weighted by Crippen LogP contribution is -2.56. The third-order valence-corrected chi connectivity index (χ3v) is 5.36. The van der Waals surface area contributed by atoms with Crippen molar-refractivity contribution in [3.05, 3.63) is 34.6 Å². The van der Waals surface area contributed by atoms with Crippen LogP contribution in [-0.4, -0.2) is 62.9 Å². The Morgan fingerprint density at radius 2 is 2.04 bits per heavy atom. The predicted octanol–water partition coefficient (Wildman–Crippen LogP) is 0.878. The van der Waals surface area contributed by atoms with Crippen molar-refractivity contribution in [1.29, 1.82) is 0 Å². The van der Waals surface area contributed by atoms with Crippen LogP contribution in [0.5, 0.6) is 0 Å². The van der Waals surface area contributed by atoms with Gasteiger partial charge in [-0.15, -0.1) is 5.10 Å². The summed E-state index contributed by atoms with van der Waals surface area (Å²) in [4.78, 5) is 29.5. The molecule has 1 atom stereocenters. The molecule has 0 unspecified atom stereocenters. The SMILES string of the molecule is O=C(CCn1nnc2ccccc2c1=O)N1CCN2CCCC[C@@H]2C1. The van der Waals surface area contributed by atoms with E-state index < -0.39 is 0 Å². The van der Waals surface area contributed by atoms with Gasteiger partial charge in [-0.3, -0.25) is 14.5 Å². The third-order valence-electron chi connectivity index (χ3n) is 5.36. The summed E-state index contributed by atoms with van der Waals surface area (Å²) in [5.74, 6) is 0.104. The van der Waals surface area contributed by atoms with Gasteiger partial charge in [-0.2, -0.15) is 0 Å². The lowest BCUT2D eigenvalue weighted by Gasteiger charge is -2.44. The highest BCUT2D eigenvalue weighted by Gasteiger charge is 2.30. The first kappa shape index (κ1) is 16.2. The van der Waals surface area contributed by atoms with Gasteiger partial charge < -0.3 is 4.90 Å². The molecule has 2 saturated heterocycles. The van der Waals surface area contributed by atoms with Gasteiger partial charge in [0.25, 0.3) is 5.56 Å². The Balaban J connectivity index is 1.40. The molecule has 0 saturated carbocycles. The zero-order chi connectivity index (χ0) is 17.2. The van der Waals surface area contributed by atoms with E-state index in [-0.39, 0.29) is 18.0 Å². The highest BCUT2D eigenvalue weighted by molar-refractivity contribution is 5.77. The van der Waals surface area contributed by atoms with Crippen molar-refractivity contribution in [2.24, 2.45) is 0 Å². The summed E-state index contributed by atoms with van der Waals surface area (Å²) in [6, 6.07) is 7.66. The molecule has 2 fully saturated rings. The van der Waals surface area contributed by atoms with E-state index >= 15 is 0 Å². The maximum absolute atomic E-state index is 12.6. The fourth-order valence-electron chi connectivity index (χ4n) is 3.91. The molecule has 2 aliphatic heterocycles. The number of piperidine rings is 1. The van der Waals surface area contributed by atoms with E-state index in [1.807, 2.05) is 17.0 Å².